The summed E-state index contributed by atoms with van der Waals surface area (Å²) in [5, 5.41) is 0. The minimum absolute atomic E-state index is 0.0194. The van der Waals surface area contributed by atoms with Crippen LogP contribution in [0.4, 0.5) is 8.78 Å². The number of benzene rings is 1. The Kier molecular flexibility index (Phi) is 4.37. The van der Waals surface area contributed by atoms with Gasteiger partial charge in [0.1, 0.15) is 16.5 Å². The molecule has 0 spiro atoms. The number of furan rings is 1. The molecule has 0 bridgehead atoms. The Balaban J connectivity index is 1.73. The highest BCUT2D eigenvalue weighted by molar-refractivity contribution is 7.89. The molecular formula is C15H14F2N2O4S. The molecule has 0 atom stereocenters. The van der Waals surface area contributed by atoms with Crippen LogP contribution >= 0.6 is 0 Å². The van der Waals surface area contributed by atoms with Crippen molar-refractivity contribution in [1.82, 2.24) is 9.21 Å². The number of carbonyl (C=O) groups excluding carboxylic acids is 1. The van der Waals surface area contributed by atoms with Crippen molar-refractivity contribution in [3.8, 4) is 0 Å². The summed E-state index contributed by atoms with van der Waals surface area (Å²) in [5.74, 6) is -2.13. The summed E-state index contributed by atoms with van der Waals surface area (Å²) in [6.07, 6.45) is 1.38. The first-order valence-corrected chi connectivity index (χ1v) is 8.61. The molecule has 2 heterocycles. The SMILES string of the molecule is O=C(c1ccco1)N1CCN(S(=O)(=O)c2ccc(F)cc2F)CC1. The van der Waals surface area contributed by atoms with Crippen molar-refractivity contribution in [2.24, 2.45) is 0 Å². The molecule has 9 heteroatoms. The van der Waals surface area contributed by atoms with Crippen molar-refractivity contribution < 1.29 is 26.4 Å². The molecule has 0 N–H and O–H groups in total. The molecule has 128 valence electrons. The first-order chi connectivity index (χ1) is 11.4. The molecule has 1 aromatic carbocycles. The van der Waals surface area contributed by atoms with Crippen LogP contribution in [0.2, 0.25) is 0 Å². The standard InChI is InChI=1S/C15H14F2N2O4S/c16-11-3-4-14(12(17)10-11)24(21,22)19-7-5-18(6-8-19)15(20)13-2-1-9-23-13/h1-4,9-10H,5-8H2. The van der Waals surface area contributed by atoms with E-state index < -0.39 is 26.6 Å². The van der Waals surface area contributed by atoms with E-state index in [1.807, 2.05) is 0 Å². The molecule has 2 aromatic rings. The first kappa shape index (κ1) is 16.6. The average Bonchev–Trinajstić information content (AvgIpc) is 3.08. The lowest BCUT2D eigenvalue weighted by Gasteiger charge is -2.33. The zero-order valence-electron chi connectivity index (χ0n) is 12.5. The summed E-state index contributed by atoms with van der Waals surface area (Å²) >= 11 is 0. The summed E-state index contributed by atoms with van der Waals surface area (Å²) < 4.78 is 57.8. The van der Waals surface area contributed by atoms with Gasteiger partial charge in [-0.15, -0.1) is 0 Å². The van der Waals surface area contributed by atoms with E-state index in [1.54, 1.807) is 6.07 Å². The van der Waals surface area contributed by atoms with Crippen LogP contribution in [0.5, 0.6) is 0 Å². The van der Waals surface area contributed by atoms with Gasteiger partial charge < -0.3 is 9.32 Å². The number of sulfonamides is 1. The third kappa shape index (κ3) is 3.04. The van der Waals surface area contributed by atoms with Gasteiger partial charge in [-0.3, -0.25) is 4.79 Å². The lowest BCUT2D eigenvalue weighted by atomic mass is 10.3. The van der Waals surface area contributed by atoms with E-state index in [9.17, 15) is 22.0 Å². The van der Waals surface area contributed by atoms with E-state index in [2.05, 4.69) is 0 Å². The summed E-state index contributed by atoms with van der Waals surface area (Å²) in [6.45, 7) is 0.348. The molecule has 1 aliphatic rings. The van der Waals surface area contributed by atoms with Crippen molar-refractivity contribution >= 4 is 15.9 Å². The third-order valence-corrected chi connectivity index (χ3v) is 5.70. The number of piperazine rings is 1. The second kappa shape index (κ2) is 6.33. The van der Waals surface area contributed by atoms with Crippen molar-refractivity contribution in [3.05, 3.63) is 54.0 Å². The Morgan fingerprint density at radius 1 is 1.08 bits per heavy atom. The minimum atomic E-state index is -4.08. The number of nitrogens with zero attached hydrogens (tertiary/aromatic N) is 2. The molecule has 24 heavy (non-hydrogen) atoms. The van der Waals surface area contributed by atoms with Gasteiger partial charge in [-0.2, -0.15) is 4.31 Å². The lowest BCUT2D eigenvalue weighted by molar-refractivity contribution is 0.0666. The van der Waals surface area contributed by atoms with Crippen molar-refractivity contribution in [3.63, 3.8) is 0 Å². The highest BCUT2D eigenvalue weighted by Crippen LogP contribution is 2.22. The van der Waals surface area contributed by atoms with E-state index in [0.29, 0.717) is 6.07 Å². The highest BCUT2D eigenvalue weighted by atomic mass is 32.2. The average molecular weight is 356 g/mol. The van der Waals surface area contributed by atoms with Crippen molar-refractivity contribution in [2.45, 2.75) is 4.90 Å². The Morgan fingerprint density at radius 3 is 2.38 bits per heavy atom. The Labute approximate surface area is 137 Å². The van der Waals surface area contributed by atoms with E-state index in [4.69, 9.17) is 4.42 Å². The van der Waals surface area contributed by atoms with Crippen LogP contribution in [0.25, 0.3) is 0 Å². The smallest absolute Gasteiger partial charge is 0.289 e. The maximum absolute atomic E-state index is 13.8. The molecule has 1 saturated heterocycles. The molecule has 1 fully saturated rings. The maximum atomic E-state index is 13.8. The molecule has 1 aliphatic heterocycles. The highest BCUT2D eigenvalue weighted by Gasteiger charge is 2.32. The zero-order valence-corrected chi connectivity index (χ0v) is 13.3. The Hall–Kier alpha value is -2.26. The molecular weight excluding hydrogens is 342 g/mol. The fourth-order valence-electron chi connectivity index (χ4n) is 2.51. The molecule has 1 amide bonds. The Morgan fingerprint density at radius 2 is 1.79 bits per heavy atom. The molecule has 0 aliphatic carbocycles. The molecule has 3 rings (SSSR count). The molecule has 0 unspecified atom stereocenters. The van der Waals surface area contributed by atoms with Gasteiger partial charge in [-0.25, -0.2) is 17.2 Å². The van der Waals surface area contributed by atoms with Gasteiger partial charge in [0, 0.05) is 32.2 Å². The van der Waals surface area contributed by atoms with Crippen molar-refractivity contribution in [1.29, 1.82) is 0 Å². The largest absolute Gasteiger partial charge is 0.459 e. The predicted molar refractivity (Wildman–Crippen MR) is 79.7 cm³/mol. The van der Waals surface area contributed by atoms with Gasteiger partial charge in [0.25, 0.3) is 5.91 Å². The second-order valence-corrected chi connectivity index (χ2v) is 7.15. The molecule has 1 aromatic heterocycles. The molecule has 0 radical (unpaired) electrons. The van der Waals surface area contributed by atoms with Gasteiger partial charge in [0.05, 0.1) is 6.26 Å². The van der Waals surface area contributed by atoms with Crippen LogP contribution < -0.4 is 0 Å². The van der Waals surface area contributed by atoms with Crippen LogP contribution in [0.15, 0.2) is 45.9 Å². The van der Waals surface area contributed by atoms with Gasteiger partial charge in [-0.05, 0) is 24.3 Å². The van der Waals surface area contributed by atoms with E-state index in [-0.39, 0.29) is 37.8 Å². The van der Waals surface area contributed by atoms with Crippen LogP contribution in [-0.4, -0.2) is 49.7 Å². The molecule has 0 saturated carbocycles. The van der Waals surface area contributed by atoms with Crippen LogP contribution in [0.3, 0.4) is 0 Å². The summed E-state index contributed by atoms with van der Waals surface area (Å²) in [6, 6.07) is 5.45. The van der Waals surface area contributed by atoms with Crippen LogP contribution in [0, 0.1) is 11.6 Å². The van der Waals surface area contributed by atoms with E-state index >= 15 is 0 Å². The van der Waals surface area contributed by atoms with Gasteiger partial charge in [0.15, 0.2) is 5.76 Å². The summed E-state index contributed by atoms with van der Waals surface area (Å²) in [7, 11) is -4.08. The Bertz CT molecular complexity index is 844. The van der Waals surface area contributed by atoms with E-state index in [0.717, 1.165) is 16.4 Å². The van der Waals surface area contributed by atoms with Crippen LogP contribution in [-0.2, 0) is 10.0 Å². The van der Waals surface area contributed by atoms with Crippen LogP contribution in [0.1, 0.15) is 10.6 Å². The number of hydrogen-bond donors (Lipinski definition) is 0. The lowest BCUT2D eigenvalue weighted by Crippen LogP contribution is -2.50. The number of carbonyl (C=O) groups is 1. The topological polar surface area (TPSA) is 70.8 Å². The number of halogens is 2. The normalized spacial score (nSPS) is 16.3. The quantitative estimate of drug-likeness (QED) is 0.839. The monoisotopic (exact) mass is 356 g/mol. The van der Waals surface area contributed by atoms with Gasteiger partial charge >= 0.3 is 0 Å². The van der Waals surface area contributed by atoms with Gasteiger partial charge in [0.2, 0.25) is 10.0 Å². The first-order valence-electron chi connectivity index (χ1n) is 7.17. The van der Waals surface area contributed by atoms with Crippen molar-refractivity contribution in [2.75, 3.05) is 26.2 Å². The predicted octanol–water partition coefficient (Wildman–Crippen LogP) is 1.70. The number of amides is 1. The summed E-state index contributed by atoms with van der Waals surface area (Å²) in [4.78, 5) is 13.0. The third-order valence-electron chi connectivity index (χ3n) is 3.77. The summed E-state index contributed by atoms with van der Waals surface area (Å²) in [5.41, 5.74) is 0. The minimum Gasteiger partial charge on any atom is -0.459 e. The zero-order chi connectivity index (χ0) is 17.3. The number of hydrogen-bond acceptors (Lipinski definition) is 4. The fourth-order valence-corrected chi connectivity index (χ4v) is 3.98. The molecule has 6 nitrogen and oxygen atoms in total. The van der Waals surface area contributed by atoms with E-state index in [1.165, 1.54) is 17.2 Å². The van der Waals surface area contributed by atoms with Gasteiger partial charge in [-0.1, -0.05) is 0 Å². The number of rotatable bonds is 3. The fraction of sp³-hybridized carbons (Fsp3) is 0.267. The second-order valence-electron chi connectivity index (χ2n) is 5.25. The maximum Gasteiger partial charge on any atom is 0.289 e.